The normalized spacial score (nSPS) is 10.5. The molecule has 0 fully saturated rings. The van der Waals surface area contributed by atoms with E-state index in [-0.39, 0.29) is 11.0 Å². The van der Waals surface area contributed by atoms with Crippen molar-refractivity contribution in [1.82, 2.24) is 4.98 Å². The number of aromatic nitrogens is 1. The zero-order valence-corrected chi connectivity index (χ0v) is 10.8. The zero-order chi connectivity index (χ0) is 14.3. The fraction of sp³-hybridized carbons (Fsp3) is 0.333. The van der Waals surface area contributed by atoms with Crippen LogP contribution in [0.5, 0.6) is 5.88 Å². The van der Waals surface area contributed by atoms with Crippen molar-refractivity contribution < 1.29 is 22.7 Å². The molecule has 0 saturated heterocycles. The first-order chi connectivity index (χ1) is 8.87. The maximum absolute atomic E-state index is 11.9. The number of ether oxygens (including phenoxy) is 1. The second-order valence-corrected chi connectivity index (χ2v) is 4.52. The van der Waals surface area contributed by atoms with E-state index in [9.17, 15) is 18.0 Å². The molecule has 0 aliphatic rings. The number of thioether (sulfide) groups is 1. The van der Waals surface area contributed by atoms with Crippen molar-refractivity contribution in [3.05, 3.63) is 23.9 Å². The molecule has 102 valence electrons. The summed E-state index contributed by atoms with van der Waals surface area (Å²) in [6.45, 7) is 0.0704. The zero-order valence-electron chi connectivity index (χ0n) is 9.95. The number of carbonyl (C=O) groups excluding carboxylic acids is 1. The topological polar surface area (TPSA) is 39.2 Å². The molecule has 1 aromatic rings. The van der Waals surface area contributed by atoms with Gasteiger partial charge in [0.15, 0.2) is 11.7 Å². The molecule has 19 heavy (non-hydrogen) atoms. The first kappa shape index (κ1) is 15.4. The van der Waals surface area contributed by atoms with E-state index in [1.807, 2.05) is 0 Å². The highest BCUT2D eigenvalue weighted by molar-refractivity contribution is 8.13. The Kier molecular flexibility index (Phi) is 5.70. The molecule has 7 heteroatoms. The highest BCUT2D eigenvalue weighted by Crippen LogP contribution is 2.16. The van der Waals surface area contributed by atoms with Crippen LogP contribution in [0.1, 0.15) is 12.5 Å². The standard InChI is InChI=1S/C12H10F3NO2S/c1-9(17)19-6-2-3-10-4-5-11(16-7-10)18-8-12(13,14)15/h4-5,7H,6,8H2,1H3. The van der Waals surface area contributed by atoms with Gasteiger partial charge >= 0.3 is 6.18 Å². The predicted octanol–water partition coefficient (Wildman–Crippen LogP) is 2.65. The van der Waals surface area contributed by atoms with Crippen LogP contribution in [0.4, 0.5) is 13.2 Å². The van der Waals surface area contributed by atoms with Crippen LogP contribution < -0.4 is 4.74 Å². The van der Waals surface area contributed by atoms with E-state index in [4.69, 9.17) is 0 Å². The molecule has 0 radical (unpaired) electrons. The molecule has 1 heterocycles. The third-order valence-corrected chi connectivity index (χ3v) is 2.40. The van der Waals surface area contributed by atoms with Gasteiger partial charge in [0.2, 0.25) is 5.88 Å². The van der Waals surface area contributed by atoms with Crippen LogP contribution in [-0.2, 0) is 4.79 Å². The van der Waals surface area contributed by atoms with E-state index in [1.165, 1.54) is 25.3 Å². The number of hydrogen-bond acceptors (Lipinski definition) is 4. The molecular weight excluding hydrogens is 279 g/mol. The molecule has 0 unspecified atom stereocenters. The van der Waals surface area contributed by atoms with E-state index in [1.54, 1.807) is 0 Å². The minimum atomic E-state index is -4.38. The van der Waals surface area contributed by atoms with Gasteiger partial charge in [0.05, 0.1) is 5.75 Å². The number of nitrogens with zero attached hydrogens (tertiary/aromatic N) is 1. The van der Waals surface area contributed by atoms with Gasteiger partial charge in [0, 0.05) is 24.8 Å². The SMILES string of the molecule is CC(=O)SCC#Cc1ccc(OCC(F)(F)F)nc1. The van der Waals surface area contributed by atoms with Gasteiger partial charge in [-0.3, -0.25) is 4.79 Å². The molecule has 0 aliphatic carbocycles. The van der Waals surface area contributed by atoms with Crippen LogP contribution in [-0.4, -0.2) is 28.6 Å². The third kappa shape index (κ3) is 7.36. The quantitative estimate of drug-likeness (QED) is 0.802. The lowest BCUT2D eigenvalue weighted by atomic mass is 10.3. The molecule has 0 aromatic carbocycles. The third-order valence-electron chi connectivity index (χ3n) is 1.70. The predicted molar refractivity (Wildman–Crippen MR) is 65.8 cm³/mol. The van der Waals surface area contributed by atoms with Gasteiger partial charge in [-0.05, 0) is 6.07 Å². The average Bonchev–Trinajstić information content (AvgIpc) is 2.32. The van der Waals surface area contributed by atoms with Gasteiger partial charge in [-0.2, -0.15) is 13.2 Å². The molecule has 0 aliphatic heterocycles. The molecule has 1 rings (SSSR count). The summed E-state index contributed by atoms with van der Waals surface area (Å²) in [4.78, 5) is 14.3. The minimum absolute atomic E-state index is 0.0247. The Morgan fingerprint density at radius 3 is 2.74 bits per heavy atom. The second kappa shape index (κ2) is 7.04. The van der Waals surface area contributed by atoms with E-state index >= 15 is 0 Å². The van der Waals surface area contributed by atoms with Gasteiger partial charge in [0.1, 0.15) is 0 Å². The molecule has 0 spiro atoms. The Labute approximate surface area is 112 Å². The number of rotatable bonds is 3. The molecule has 0 N–H and O–H groups in total. The summed E-state index contributed by atoms with van der Waals surface area (Å²) in [5, 5.41) is -0.0247. The maximum Gasteiger partial charge on any atom is 0.422 e. The Morgan fingerprint density at radius 2 is 2.21 bits per heavy atom. The molecule has 3 nitrogen and oxygen atoms in total. The fourth-order valence-corrected chi connectivity index (χ4v) is 1.32. The molecule has 0 atom stereocenters. The summed E-state index contributed by atoms with van der Waals surface area (Å²) in [5.74, 6) is 5.73. The number of alkyl halides is 3. The molecule has 0 amide bonds. The lowest BCUT2D eigenvalue weighted by molar-refractivity contribution is -0.154. The Morgan fingerprint density at radius 1 is 1.47 bits per heavy atom. The van der Waals surface area contributed by atoms with Gasteiger partial charge in [-0.1, -0.05) is 23.6 Å². The largest absolute Gasteiger partial charge is 0.468 e. The summed E-state index contributed by atoms with van der Waals surface area (Å²) < 4.78 is 40.1. The highest BCUT2D eigenvalue weighted by atomic mass is 32.2. The highest BCUT2D eigenvalue weighted by Gasteiger charge is 2.28. The number of halogens is 3. The van der Waals surface area contributed by atoms with Gasteiger partial charge in [-0.15, -0.1) is 0 Å². The van der Waals surface area contributed by atoms with Crippen molar-refractivity contribution >= 4 is 16.9 Å². The van der Waals surface area contributed by atoms with Gasteiger partial charge in [-0.25, -0.2) is 4.98 Å². The lowest BCUT2D eigenvalue weighted by Crippen LogP contribution is -2.19. The fourth-order valence-electron chi connectivity index (χ4n) is 0.971. The summed E-state index contributed by atoms with van der Waals surface area (Å²) in [6, 6.07) is 2.82. The monoisotopic (exact) mass is 289 g/mol. The number of carbonyl (C=O) groups is 1. The van der Waals surface area contributed by atoms with Crippen LogP contribution in [0.15, 0.2) is 18.3 Å². The smallest absolute Gasteiger partial charge is 0.422 e. The van der Waals surface area contributed by atoms with Crippen molar-refractivity contribution in [2.24, 2.45) is 0 Å². The number of hydrogen-bond donors (Lipinski definition) is 0. The van der Waals surface area contributed by atoms with Crippen molar-refractivity contribution in [1.29, 1.82) is 0 Å². The summed E-state index contributed by atoms with van der Waals surface area (Å²) in [6.07, 6.45) is -3.07. The molecule has 0 saturated carbocycles. The first-order valence-electron chi connectivity index (χ1n) is 5.14. The van der Waals surface area contributed by atoms with Crippen molar-refractivity contribution in [3.8, 4) is 17.7 Å². The van der Waals surface area contributed by atoms with Crippen LogP contribution >= 0.6 is 11.8 Å². The van der Waals surface area contributed by atoms with Crippen molar-refractivity contribution in [3.63, 3.8) is 0 Å². The van der Waals surface area contributed by atoms with Gasteiger partial charge < -0.3 is 4.74 Å². The summed E-state index contributed by atoms with van der Waals surface area (Å²) in [5.41, 5.74) is 0.545. The Balaban J connectivity index is 2.49. The van der Waals surface area contributed by atoms with E-state index in [0.717, 1.165) is 11.8 Å². The summed E-state index contributed by atoms with van der Waals surface area (Å²) >= 11 is 1.08. The summed E-state index contributed by atoms with van der Waals surface area (Å²) in [7, 11) is 0. The molecule has 1 aromatic heterocycles. The lowest BCUT2D eigenvalue weighted by Gasteiger charge is -2.07. The molecular formula is C12H10F3NO2S. The van der Waals surface area contributed by atoms with Crippen LogP contribution in [0.25, 0.3) is 0 Å². The molecule has 0 bridgehead atoms. The Hall–Kier alpha value is -1.68. The first-order valence-corrected chi connectivity index (χ1v) is 6.13. The van der Waals surface area contributed by atoms with Gasteiger partial charge in [0.25, 0.3) is 0 Å². The van der Waals surface area contributed by atoms with E-state index in [2.05, 4.69) is 21.6 Å². The van der Waals surface area contributed by atoms with Crippen LogP contribution in [0.2, 0.25) is 0 Å². The van der Waals surface area contributed by atoms with Crippen LogP contribution in [0.3, 0.4) is 0 Å². The average molecular weight is 289 g/mol. The van der Waals surface area contributed by atoms with Crippen molar-refractivity contribution in [2.45, 2.75) is 13.1 Å². The van der Waals surface area contributed by atoms with Crippen molar-refractivity contribution in [2.75, 3.05) is 12.4 Å². The van der Waals surface area contributed by atoms with E-state index in [0.29, 0.717) is 11.3 Å². The maximum atomic E-state index is 11.9. The Bertz CT molecular complexity index is 488. The van der Waals surface area contributed by atoms with E-state index < -0.39 is 12.8 Å². The van der Waals surface area contributed by atoms with Crippen LogP contribution in [0, 0.1) is 11.8 Å². The second-order valence-electron chi connectivity index (χ2n) is 3.37. The number of pyridine rings is 1. The minimum Gasteiger partial charge on any atom is -0.468 e.